The van der Waals surface area contributed by atoms with E-state index in [1.54, 1.807) is 6.92 Å². The summed E-state index contributed by atoms with van der Waals surface area (Å²) < 4.78 is 16.9. The van der Waals surface area contributed by atoms with Crippen molar-refractivity contribution in [1.82, 2.24) is 0 Å². The number of rotatable bonds is 4. The van der Waals surface area contributed by atoms with Crippen molar-refractivity contribution in [3.8, 4) is 0 Å². The van der Waals surface area contributed by atoms with Crippen LogP contribution in [-0.4, -0.2) is 26.8 Å². The zero-order chi connectivity index (χ0) is 12.2. The lowest BCUT2D eigenvalue weighted by molar-refractivity contribution is -0.153. The summed E-state index contributed by atoms with van der Waals surface area (Å²) >= 11 is 0. The van der Waals surface area contributed by atoms with Crippen LogP contribution in [0.3, 0.4) is 0 Å². The van der Waals surface area contributed by atoms with Crippen molar-refractivity contribution >= 4 is 16.8 Å². The fraction of sp³-hybridized carbons (Fsp3) is 0.909. The van der Waals surface area contributed by atoms with Crippen LogP contribution in [0.4, 0.5) is 0 Å². The first-order valence-corrected chi connectivity index (χ1v) is 6.61. The highest BCUT2D eigenvalue weighted by Crippen LogP contribution is 2.11. The Kier molecular flexibility index (Phi) is 5.49. The summed E-state index contributed by atoms with van der Waals surface area (Å²) in [6.45, 7) is 11.1. The smallest absolute Gasteiger partial charge is 0.321 e. The minimum Gasteiger partial charge on any atom is -0.459 e. The number of ether oxygens (including phenoxy) is 1. The van der Waals surface area contributed by atoms with Crippen molar-refractivity contribution in [3.05, 3.63) is 0 Å². The van der Waals surface area contributed by atoms with E-state index in [2.05, 4.69) is 0 Å². The molecular formula is C11H22O3S. The topological polar surface area (TPSA) is 43.4 Å². The zero-order valence-corrected chi connectivity index (χ0v) is 11.3. The van der Waals surface area contributed by atoms with Crippen LogP contribution in [0.1, 0.15) is 41.5 Å². The molecule has 0 saturated carbocycles. The standard InChI is InChI=1S/C11H22O3S/c1-8(2)7-15(13)9(3)10(12)14-11(4,5)6/h8-9H,7H2,1-6H3. The van der Waals surface area contributed by atoms with Gasteiger partial charge in [0.2, 0.25) is 0 Å². The van der Waals surface area contributed by atoms with Gasteiger partial charge in [-0.1, -0.05) is 13.8 Å². The van der Waals surface area contributed by atoms with E-state index >= 15 is 0 Å². The number of esters is 1. The van der Waals surface area contributed by atoms with E-state index in [1.807, 2.05) is 34.6 Å². The van der Waals surface area contributed by atoms with Gasteiger partial charge in [0.05, 0.1) is 0 Å². The third-order valence-electron chi connectivity index (χ3n) is 1.63. The number of hydrogen-bond acceptors (Lipinski definition) is 3. The molecule has 0 aliphatic rings. The van der Waals surface area contributed by atoms with Gasteiger partial charge in [0.15, 0.2) is 0 Å². The molecule has 0 N–H and O–H groups in total. The summed E-state index contributed by atoms with van der Waals surface area (Å²) in [6, 6.07) is 0. The van der Waals surface area contributed by atoms with Gasteiger partial charge in [0.1, 0.15) is 10.9 Å². The van der Waals surface area contributed by atoms with Crippen molar-refractivity contribution < 1.29 is 13.7 Å². The normalized spacial score (nSPS) is 16.2. The molecule has 0 saturated heterocycles. The summed E-state index contributed by atoms with van der Waals surface area (Å²) in [5.74, 6) is 0.498. The fourth-order valence-electron chi connectivity index (χ4n) is 0.965. The van der Waals surface area contributed by atoms with Crippen molar-refractivity contribution in [3.63, 3.8) is 0 Å². The first-order valence-electron chi connectivity index (χ1n) is 5.23. The Bertz CT molecular complexity index is 241. The summed E-state index contributed by atoms with van der Waals surface area (Å²) in [6.07, 6.45) is 0. The van der Waals surface area contributed by atoms with E-state index in [0.29, 0.717) is 11.7 Å². The molecule has 15 heavy (non-hydrogen) atoms. The molecule has 0 fully saturated rings. The molecule has 4 heteroatoms. The third-order valence-corrected chi connectivity index (χ3v) is 3.61. The van der Waals surface area contributed by atoms with Crippen LogP contribution < -0.4 is 0 Å². The zero-order valence-electron chi connectivity index (χ0n) is 10.5. The van der Waals surface area contributed by atoms with Crippen molar-refractivity contribution in [2.24, 2.45) is 5.92 Å². The minimum absolute atomic E-state index is 0.329. The average Bonchev–Trinajstić information content (AvgIpc) is 1.98. The number of hydrogen-bond donors (Lipinski definition) is 0. The second kappa shape index (κ2) is 5.64. The average molecular weight is 234 g/mol. The molecule has 0 aliphatic carbocycles. The maximum atomic E-state index is 11.7. The van der Waals surface area contributed by atoms with E-state index in [9.17, 15) is 9.00 Å². The summed E-state index contributed by atoms with van der Waals surface area (Å²) in [4.78, 5) is 11.6. The SMILES string of the molecule is CC(C)CS(=O)C(C)C(=O)OC(C)(C)C. The van der Waals surface area contributed by atoms with E-state index in [1.165, 1.54) is 0 Å². The van der Waals surface area contributed by atoms with Crippen LogP contribution in [0.2, 0.25) is 0 Å². The Balaban J connectivity index is 4.26. The second-order valence-corrected chi connectivity index (χ2v) is 6.92. The van der Waals surface area contributed by atoms with Crippen LogP contribution in [0.5, 0.6) is 0 Å². The highest BCUT2D eigenvalue weighted by Gasteiger charge is 2.26. The third kappa shape index (κ3) is 6.66. The van der Waals surface area contributed by atoms with Gasteiger partial charge in [0, 0.05) is 16.6 Å². The molecule has 0 aromatic carbocycles. The maximum Gasteiger partial charge on any atom is 0.321 e. The van der Waals surface area contributed by atoms with Crippen LogP contribution in [0.25, 0.3) is 0 Å². The van der Waals surface area contributed by atoms with Crippen LogP contribution in [0, 0.1) is 5.92 Å². The molecule has 0 aromatic heterocycles. The lowest BCUT2D eigenvalue weighted by Crippen LogP contribution is -2.33. The molecule has 0 rings (SSSR count). The Morgan fingerprint density at radius 3 is 2.07 bits per heavy atom. The highest BCUT2D eigenvalue weighted by atomic mass is 32.2. The molecule has 3 nitrogen and oxygen atoms in total. The van der Waals surface area contributed by atoms with Gasteiger partial charge in [-0.25, -0.2) is 0 Å². The Labute approximate surface area is 95.0 Å². The lowest BCUT2D eigenvalue weighted by atomic mass is 10.2. The van der Waals surface area contributed by atoms with Crippen LogP contribution in [0.15, 0.2) is 0 Å². The van der Waals surface area contributed by atoms with Crippen LogP contribution >= 0.6 is 0 Å². The monoisotopic (exact) mass is 234 g/mol. The van der Waals surface area contributed by atoms with E-state index in [0.717, 1.165) is 0 Å². The molecule has 0 radical (unpaired) electrons. The van der Waals surface area contributed by atoms with Gasteiger partial charge in [-0.3, -0.25) is 9.00 Å². The first kappa shape index (κ1) is 14.6. The van der Waals surface area contributed by atoms with Gasteiger partial charge in [0.25, 0.3) is 0 Å². The molecule has 2 atom stereocenters. The predicted molar refractivity (Wildman–Crippen MR) is 63.2 cm³/mol. The Hall–Kier alpha value is -0.380. The fourth-order valence-corrected chi connectivity index (χ4v) is 2.17. The van der Waals surface area contributed by atoms with Gasteiger partial charge in [-0.15, -0.1) is 0 Å². The Morgan fingerprint density at radius 1 is 1.27 bits per heavy atom. The van der Waals surface area contributed by atoms with Gasteiger partial charge < -0.3 is 4.74 Å². The first-order chi connectivity index (χ1) is 6.63. The summed E-state index contributed by atoms with van der Waals surface area (Å²) in [7, 11) is -1.13. The lowest BCUT2D eigenvalue weighted by Gasteiger charge is -2.22. The molecule has 2 unspecified atom stereocenters. The quantitative estimate of drug-likeness (QED) is 0.700. The van der Waals surface area contributed by atoms with Gasteiger partial charge in [-0.2, -0.15) is 0 Å². The van der Waals surface area contributed by atoms with Crippen LogP contribution in [-0.2, 0) is 20.3 Å². The number of carbonyl (C=O) groups is 1. The molecule has 0 aliphatic heterocycles. The summed E-state index contributed by atoms with van der Waals surface area (Å²) in [5, 5.41) is -0.536. The van der Waals surface area contributed by atoms with E-state index < -0.39 is 21.7 Å². The molecule has 0 aromatic rings. The molecule has 0 heterocycles. The second-order valence-electron chi connectivity index (χ2n) is 5.12. The molecule has 0 amide bonds. The molecule has 0 spiro atoms. The highest BCUT2D eigenvalue weighted by molar-refractivity contribution is 7.86. The minimum atomic E-state index is -1.13. The van der Waals surface area contributed by atoms with Gasteiger partial charge in [-0.05, 0) is 33.6 Å². The molecule has 90 valence electrons. The van der Waals surface area contributed by atoms with Crippen molar-refractivity contribution in [1.29, 1.82) is 0 Å². The van der Waals surface area contributed by atoms with E-state index in [-0.39, 0.29) is 5.97 Å². The predicted octanol–water partition coefficient (Wildman–Crippen LogP) is 2.12. The summed E-state index contributed by atoms with van der Waals surface area (Å²) in [5.41, 5.74) is -0.507. The molecule has 0 bridgehead atoms. The van der Waals surface area contributed by atoms with Gasteiger partial charge >= 0.3 is 5.97 Å². The molecular weight excluding hydrogens is 212 g/mol. The number of carbonyl (C=O) groups excluding carboxylic acids is 1. The largest absolute Gasteiger partial charge is 0.459 e. The van der Waals surface area contributed by atoms with Crippen molar-refractivity contribution in [2.75, 3.05) is 5.75 Å². The maximum absolute atomic E-state index is 11.7. The Morgan fingerprint density at radius 2 is 1.73 bits per heavy atom. The van der Waals surface area contributed by atoms with E-state index in [4.69, 9.17) is 4.74 Å². The van der Waals surface area contributed by atoms with Crippen molar-refractivity contribution in [2.45, 2.75) is 52.4 Å².